The highest BCUT2D eigenvalue weighted by molar-refractivity contribution is 5.20. The Labute approximate surface area is 115 Å². The van der Waals surface area contributed by atoms with Crippen molar-refractivity contribution in [2.75, 3.05) is 39.4 Å². The minimum Gasteiger partial charge on any atom is -0.381 e. The van der Waals surface area contributed by atoms with E-state index in [0.717, 1.165) is 45.3 Å². The van der Waals surface area contributed by atoms with E-state index in [4.69, 9.17) is 4.74 Å². The van der Waals surface area contributed by atoms with E-state index in [-0.39, 0.29) is 0 Å². The standard InChI is InChI=1S/C16H24N2O/c1-2-4-14(5-3-1)16(15-6-12-19-13-7-15)18-10-8-17-9-11-18/h1-5,15-17H,6-13H2/t16-/m0/s1. The topological polar surface area (TPSA) is 24.5 Å². The zero-order valence-corrected chi connectivity index (χ0v) is 11.6. The largest absolute Gasteiger partial charge is 0.381 e. The Kier molecular flexibility index (Phi) is 4.49. The molecule has 2 fully saturated rings. The second-order valence-corrected chi connectivity index (χ2v) is 5.59. The molecule has 0 bridgehead atoms. The monoisotopic (exact) mass is 260 g/mol. The Morgan fingerprint density at radius 3 is 2.42 bits per heavy atom. The summed E-state index contributed by atoms with van der Waals surface area (Å²) in [5.41, 5.74) is 1.48. The summed E-state index contributed by atoms with van der Waals surface area (Å²) in [5.74, 6) is 0.745. The van der Waals surface area contributed by atoms with Gasteiger partial charge in [-0.3, -0.25) is 4.90 Å². The number of ether oxygens (including phenoxy) is 1. The number of benzene rings is 1. The summed E-state index contributed by atoms with van der Waals surface area (Å²) in [6.45, 7) is 6.42. The smallest absolute Gasteiger partial charge is 0.0469 e. The van der Waals surface area contributed by atoms with Gasteiger partial charge >= 0.3 is 0 Å². The summed E-state index contributed by atoms with van der Waals surface area (Å²) in [6, 6.07) is 11.6. The third kappa shape index (κ3) is 3.16. The lowest BCUT2D eigenvalue weighted by Gasteiger charge is -2.41. The molecule has 0 aliphatic carbocycles. The van der Waals surface area contributed by atoms with Crippen LogP contribution in [0.5, 0.6) is 0 Å². The Morgan fingerprint density at radius 1 is 1.05 bits per heavy atom. The maximum atomic E-state index is 5.54. The molecule has 1 atom stereocenters. The van der Waals surface area contributed by atoms with Gasteiger partial charge in [-0.2, -0.15) is 0 Å². The molecule has 1 aromatic carbocycles. The Hall–Kier alpha value is -0.900. The molecule has 0 amide bonds. The Bertz CT molecular complexity index is 352. The SMILES string of the molecule is c1ccc([C@@H](C2CCOCC2)N2CCNCC2)cc1. The average molecular weight is 260 g/mol. The third-order valence-electron chi connectivity index (χ3n) is 4.40. The highest BCUT2D eigenvalue weighted by atomic mass is 16.5. The zero-order valence-electron chi connectivity index (χ0n) is 11.6. The minimum atomic E-state index is 0.576. The van der Waals surface area contributed by atoms with Crippen LogP contribution in [0.2, 0.25) is 0 Å². The van der Waals surface area contributed by atoms with Gasteiger partial charge in [-0.15, -0.1) is 0 Å². The van der Waals surface area contributed by atoms with Crippen LogP contribution < -0.4 is 5.32 Å². The molecule has 0 aromatic heterocycles. The molecule has 2 saturated heterocycles. The molecule has 19 heavy (non-hydrogen) atoms. The number of hydrogen-bond acceptors (Lipinski definition) is 3. The highest BCUT2D eigenvalue weighted by Crippen LogP contribution is 2.35. The first kappa shape index (κ1) is 13.1. The van der Waals surface area contributed by atoms with Crippen molar-refractivity contribution in [2.24, 2.45) is 5.92 Å². The van der Waals surface area contributed by atoms with Gasteiger partial charge in [0, 0.05) is 45.4 Å². The van der Waals surface area contributed by atoms with Crippen LogP contribution in [0.3, 0.4) is 0 Å². The van der Waals surface area contributed by atoms with E-state index in [1.54, 1.807) is 0 Å². The average Bonchev–Trinajstić information content (AvgIpc) is 2.51. The number of nitrogens with one attached hydrogen (secondary N) is 1. The van der Waals surface area contributed by atoms with E-state index in [2.05, 4.69) is 40.5 Å². The number of nitrogens with zero attached hydrogens (tertiary/aromatic N) is 1. The normalized spacial score (nSPS) is 24.2. The van der Waals surface area contributed by atoms with E-state index in [0.29, 0.717) is 6.04 Å². The number of piperazine rings is 1. The summed E-state index contributed by atoms with van der Waals surface area (Å²) in [7, 11) is 0. The Morgan fingerprint density at radius 2 is 1.74 bits per heavy atom. The summed E-state index contributed by atoms with van der Waals surface area (Å²) < 4.78 is 5.54. The van der Waals surface area contributed by atoms with E-state index < -0.39 is 0 Å². The molecule has 3 nitrogen and oxygen atoms in total. The van der Waals surface area contributed by atoms with Crippen LogP contribution in [-0.4, -0.2) is 44.3 Å². The fraction of sp³-hybridized carbons (Fsp3) is 0.625. The molecule has 0 unspecified atom stereocenters. The maximum Gasteiger partial charge on any atom is 0.0469 e. The van der Waals surface area contributed by atoms with Gasteiger partial charge in [0.15, 0.2) is 0 Å². The lowest BCUT2D eigenvalue weighted by Crippen LogP contribution is -2.47. The maximum absolute atomic E-state index is 5.54. The van der Waals surface area contributed by atoms with Crippen molar-refractivity contribution in [3.8, 4) is 0 Å². The van der Waals surface area contributed by atoms with E-state index in [1.165, 1.54) is 18.4 Å². The molecule has 2 heterocycles. The van der Waals surface area contributed by atoms with Crippen molar-refractivity contribution >= 4 is 0 Å². The van der Waals surface area contributed by atoms with E-state index in [9.17, 15) is 0 Å². The van der Waals surface area contributed by atoms with Gasteiger partial charge in [0.25, 0.3) is 0 Å². The fourth-order valence-corrected chi connectivity index (χ4v) is 3.42. The summed E-state index contributed by atoms with van der Waals surface area (Å²) in [5, 5.41) is 3.46. The quantitative estimate of drug-likeness (QED) is 0.900. The zero-order chi connectivity index (χ0) is 12.9. The fourth-order valence-electron chi connectivity index (χ4n) is 3.42. The van der Waals surface area contributed by atoms with E-state index in [1.807, 2.05) is 0 Å². The summed E-state index contributed by atoms with van der Waals surface area (Å²) >= 11 is 0. The van der Waals surface area contributed by atoms with Gasteiger partial charge in [-0.25, -0.2) is 0 Å². The molecule has 2 aliphatic heterocycles. The molecule has 0 saturated carbocycles. The Balaban J connectivity index is 1.81. The van der Waals surface area contributed by atoms with E-state index >= 15 is 0 Å². The van der Waals surface area contributed by atoms with Gasteiger partial charge in [0.05, 0.1) is 0 Å². The van der Waals surface area contributed by atoms with Gasteiger partial charge in [0.2, 0.25) is 0 Å². The van der Waals surface area contributed by atoms with Crippen LogP contribution in [-0.2, 0) is 4.74 Å². The first-order valence-electron chi connectivity index (χ1n) is 7.52. The predicted octanol–water partition coefficient (Wildman–Crippen LogP) is 2.06. The van der Waals surface area contributed by atoms with Gasteiger partial charge in [-0.1, -0.05) is 30.3 Å². The van der Waals surface area contributed by atoms with Crippen LogP contribution >= 0.6 is 0 Å². The van der Waals surface area contributed by atoms with Gasteiger partial charge in [0.1, 0.15) is 0 Å². The number of rotatable bonds is 3. The summed E-state index contributed by atoms with van der Waals surface area (Å²) in [6.07, 6.45) is 2.40. The third-order valence-corrected chi connectivity index (χ3v) is 4.40. The second-order valence-electron chi connectivity index (χ2n) is 5.59. The van der Waals surface area contributed by atoms with Crippen LogP contribution in [0.25, 0.3) is 0 Å². The lowest BCUT2D eigenvalue weighted by molar-refractivity contribution is 0.0213. The first-order chi connectivity index (χ1) is 9.45. The highest BCUT2D eigenvalue weighted by Gasteiger charge is 2.30. The number of hydrogen-bond donors (Lipinski definition) is 1. The van der Waals surface area contributed by atoms with Crippen molar-refractivity contribution in [1.82, 2.24) is 10.2 Å². The molecule has 3 rings (SSSR count). The molecule has 0 radical (unpaired) electrons. The first-order valence-corrected chi connectivity index (χ1v) is 7.52. The molecule has 1 N–H and O–H groups in total. The molecular weight excluding hydrogens is 236 g/mol. The van der Waals surface area contributed by atoms with Gasteiger partial charge in [-0.05, 0) is 24.3 Å². The lowest BCUT2D eigenvalue weighted by atomic mass is 9.85. The molecule has 3 heteroatoms. The van der Waals surface area contributed by atoms with Crippen LogP contribution in [0.15, 0.2) is 30.3 Å². The molecule has 0 spiro atoms. The molecular formula is C16H24N2O. The van der Waals surface area contributed by atoms with Crippen molar-refractivity contribution in [1.29, 1.82) is 0 Å². The summed E-state index contributed by atoms with van der Waals surface area (Å²) in [4.78, 5) is 2.67. The van der Waals surface area contributed by atoms with Gasteiger partial charge < -0.3 is 10.1 Å². The van der Waals surface area contributed by atoms with Crippen LogP contribution in [0.4, 0.5) is 0 Å². The molecule has 1 aromatic rings. The van der Waals surface area contributed by atoms with Crippen molar-refractivity contribution in [2.45, 2.75) is 18.9 Å². The van der Waals surface area contributed by atoms with Crippen molar-refractivity contribution in [3.05, 3.63) is 35.9 Å². The molecule has 2 aliphatic rings. The van der Waals surface area contributed by atoms with Crippen LogP contribution in [0.1, 0.15) is 24.4 Å². The molecule has 104 valence electrons. The predicted molar refractivity (Wildman–Crippen MR) is 77.2 cm³/mol. The minimum absolute atomic E-state index is 0.576. The van der Waals surface area contributed by atoms with Crippen molar-refractivity contribution < 1.29 is 4.74 Å². The van der Waals surface area contributed by atoms with Crippen LogP contribution in [0, 0.1) is 5.92 Å². The second kappa shape index (κ2) is 6.51. The van der Waals surface area contributed by atoms with Crippen molar-refractivity contribution in [3.63, 3.8) is 0 Å².